The summed E-state index contributed by atoms with van der Waals surface area (Å²) < 4.78 is 27.9. The predicted octanol–water partition coefficient (Wildman–Crippen LogP) is 1.71. The minimum absolute atomic E-state index is 0.116. The highest BCUT2D eigenvalue weighted by atomic mass is 32.2. The highest BCUT2D eigenvalue weighted by Crippen LogP contribution is 2.23. The van der Waals surface area contributed by atoms with Crippen molar-refractivity contribution in [3.63, 3.8) is 0 Å². The lowest BCUT2D eigenvalue weighted by Gasteiger charge is -2.25. The fourth-order valence-corrected chi connectivity index (χ4v) is 6.33. The van der Waals surface area contributed by atoms with E-state index in [4.69, 9.17) is 0 Å². The van der Waals surface area contributed by atoms with E-state index >= 15 is 0 Å². The molecule has 2 heterocycles. The molecule has 0 radical (unpaired) electrons. The number of sulfonamides is 1. The van der Waals surface area contributed by atoms with E-state index in [-0.39, 0.29) is 16.4 Å². The van der Waals surface area contributed by atoms with E-state index in [0.29, 0.717) is 30.5 Å². The van der Waals surface area contributed by atoms with Gasteiger partial charge in [0.25, 0.3) is 5.91 Å². The van der Waals surface area contributed by atoms with Crippen molar-refractivity contribution < 1.29 is 18.1 Å². The molecule has 1 aromatic heterocycles. The zero-order valence-corrected chi connectivity index (χ0v) is 21.8. The number of carbonyl (C=O) groups excluding carboxylic acids is 1. The Bertz CT molecular complexity index is 1400. The SMILES string of the molecule is CCCCN(CC)S(=O)(=O)c1ccc2[nH]c(=O)cc(C(=O)NCC[NH+]3CCc4ccccc4C3)c2c1. The van der Waals surface area contributed by atoms with Crippen LogP contribution in [-0.4, -0.2) is 56.3 Å². The molecule has 1 aliphatic rings. The van der Waals surface area contributed by atoms with Crippen molar-refractivity contribution in [2.24, 2.45) is 0 Å². The predicted molar refractivity (Wildman–Crippen MR) is 141 cm³/mol. The molecule has 0 bridgehead atoms. The number of hydrogen-bond donors (Lipinski definition) is 3. The van der Waals surface area contributed by atoms with E-state index in [1.54, 1.807) is 6.07 Å². The Morgan fingerprint density at radius 2 is 1.89 bits per heavy atom. The largest absolute Gasteiger partial charge is 0.346 e. The average molecular weight is 512 g/mol. The molecule has 0 saturated carbocycles. The molecule has 1 unspecified atom stereocenters. The van der Waals surface area contributed by atoms with Gasteiger partial charge in [0.15, 0.2) is 0 Å². The second-order valence-corrected chi connectivity index (χ2v) is 11.2. The van der Waals surface area contributed by atoms with Crippen molar-refractivity contribution in [3.8, 4) is 0 Å². The quantitative estimate of drug-likeness (QED) is 0.386. The Balaban J connectivity index is 1.52. The summed E-state index contributed by atoms with van der Waals surface area (Å²) in [5.41, 5.74) is 2.95. The summed E-state index contributed by atoms with van der Waals surface area (Å²) in [6.45, 7) is 7.79. The minimum atomic E-state index is -3.72. The number of quaternary nitrogens is 1. The second kappa shape index (κ2) is 11.4. The first-order valence-corrected chi connectivity index (χ1v) is 14.1. The van der Waals surface area contributed by atoms with Gasteiger partial charge in [0, 0.05) is 42.0 Å². The fraction of sp³-hybridized carbons (Fsp3) is 0.407. The molecule has 9 heteroatoms. The summed E-state index contributed by atoms with van der Waals surface area (Å²) in [7, 11) is -3.72. The third kappa shape index (κ3) is 5.69. The first-order valence-electron chi connectivity index (χ1n) is 12.7. The van der Waals surface area contributed by atoms with Gasteiger partial charge >= 0.3 is 0 Å². The monoisotopic (exact) mass is 511 g/mol. The van der Waals surface area contributed by atoms with E-state index in [0.717, 1.165) is 38.9 Å². The van der Waals surface area contributed by atoms with Crippen LogP contribution in [0.1, 0.15) is 48.2 Å². The topological polar surface area (TPSA) is 104 Å². The summed E-state index contributed by atoms with van der Waals surface area (Å²) in [6, 6.07) is 14.2. The number of aromatic nitrogens is 1. The maximum Gasteiger partial charge on any atom is 0.252 e. The van der Waals surface area contributed by atoms with Gasteiger partial charge in [-0.1, -0.05) is 44.5 Å². The number of amides is 1. The molecule has 3 aromatic rings. The number of nitrogens with zero attached hydrogens (tertiary/aromatic N) is 1. The van der Waals surface area contributed by atoms with Gasteiger partial charge < -0.3 is 15.2 Å². The number of fused-ring (bicyclic) bond motifs is 2. The van der Waals surface area contributed by atoms with Crippen molar-refractivity contribution in [1.82, 2.24) is 14.6 Å². The number of pyridine rings is 1. The summed E-state index contributed by atoms with van der Waals surface area (Å²) >= 11 is 0. The van der Waals surface area contributed by atoms with Gasteiger partial charge in [-0.15, -0.1) is 0 Å². The zero-order chi connectivity index (χ0) is 25.7. The van der Waals surface area contributed by atoms with Crippen LogP contribution in [-0.2, 0) is 23.0 Å². The zero-order valence-electron chi connectivity index (χ0n) is 21.0. The van der Waals surface area contributed by atoms with Gasteiger partial charge in [-0.2, -0.15) is 4.31 Å². The van der Waals surface area contributed by atoms with Gasteiger partial charge in [-0.05, 0) is 30.2 Å². The highest BCUT2D eigenvalue weighted by Gasteiger charge is 2.24. The number of carbonyl (C=O) groups is 1. The maximum absolute atomic E-state index is 13.2. The Hall–Kier alpha value is -3.01. The molecule has 0 saturated heterocycles. The van der Waals surface area contributed by atoms with E-state index in [1.165, 1.54) is 38.5 Å². The van der Waals surface area contributed by atoms with Crippen LogP contribution < -0.4 is 15.8 Å². The molecule has 0 aliphatic carbocycles. The van der Waals surface area contributed by atoms with Crippen LogP contribution in [0.25, 0.3) is 10.9 Å². The molecule has 3 N–H and O–H groups in total. The molecular formula is C27H35N4O4S+. The number of unbranched alkanes of at least 4 members (excludes halogenated alkanes) is 1. The Morgan fingerprint density at radius 3 is 2.64 bits per heavy atom. The van der Waals surface area contributed by atoms with Crippen LogP contribution in [0.4, 0.5) is 0 Å². The molecule has 8 nitrogen and oxygen atoms in total. The lowest BCUT2D eigenvalue weighted by atomic mass is 10.00. The van der Waals surface area contributed by atoms with Gasteiger partial charge in [0.1, 0.15) is 6.54 Å². The number of hydrogen-bond acceptors (Lipinski definition) is 4. The Morgan fingerprint density at radius 1 is 1.11 bits per heavy atom. The highest BCUT2D eigenvalue weighted by molar-refractivity contribution is 7.89. The summed E-state index contributed by atoms with van der Waals surface area (Å²) in [5, 5.41) is 3.35. The number of rotatable bonds is 10. The van der Waals surface area contributed by atoms with Crippen LogP contribution >= 0.6 is 0 Å². The second-order valence-electron chi connectivity index (χ2n) is 9.31. The maximum atomic E-state index is 13.2. The smallest absolute Gasteiger partial charge is 0.252 e. The van der Waals surface area contributed by atoms with Crippen molar-refractivity contribution in [2.75, 3.05) is 32.7 Å². The first-order chi connectivity index (χ1) is 17.3. The number of H-pyrrole nitrogens is 1. The van der Waals surface area contributed by atoms with Gasteiger partial charge in [0.05, 0.1) is 30.1 Å². The van der Waals surface area contributed by atoms with Crippen LogP contribution in [0.2, 0.25) is 0 Å². The number of aromatic amines is 1. The fourth-order valence-electron chi connectivity index (χ4n) is 4.82. The van der Waals surface area contributed by atoms with E-state index in [1.807, 2.05) is 13.8 Å². The molecule has 1 aliphatic heterocycles. The summed E-state index contributed by atoms with van der Waals surface area (Å²) in [5.74, 6) is -0.379. The number of benzene rings is 2. The molecule has 2 aromatic carbocycles. The van der Waals surface area contributed by atoms with E-state index in [2.05, 4.69) is 34.6 Å². The van der Waals surface area contributed by atoms with E-state index < -0.39 is 15.6 Å². The standard InChI is InChI=1S/C27H34N4O4S/c1-3-5-14-31(4-2)36(34,35)22-10-11-25-23(17-22)24(18-26(32)29-25)27(33)28-13-16-30-15-12-20-8-6-7-9-21(20)19-30/h6-11,17-18H,3-5,12-16,19H2,1-2H3,(H,28,33)(H,29,32)/p+1. The Labute approximate surface area is 212 Å². The Kier molecular flexibility index (Phi) is 8.23. The molecule has 4 rings (SSSR count). The van der Waals surface area contributed by atoms with Gasteiger partial charge in [-0.3, -0.25) is 9.59 Å². The summed E-state index contributed by atoms with van der Waals surface area (Å²) in [6.07, 6.45) is 2.68. The van der Waals surface area contributed by atoms with Crippen molar-refractivity contribution in [1.29, 1.82) is 0 Å². The molecule has 1 amide bonds. The number of nitrogens with one attached hydrogen (secondary N) is 3. The lowest BCUT2D eigenvalue weighted by Crippen LogP contribution is -3.12. The summed E-state index contributed by atoms with van der Waals surface area (Å²) in [4.78, 5) is 29.6. The third-order valence-corrected chi connectivity index (χ3v) is 8.85. The first kappa shape index (κ1) is 26.1. The molecule has 0 spiro atoms. The molecule has 0 fully saturated rings. The molecule has 192 valence electrons. The normalized spacial score (nSPS) is 15.7. The average Bonchev–Trinajstić information content (AvgIpc) is 2.88. The molecular weight excluding hydrogens is 476 g/mol. The van der Waals surface area contributed by atoms with Gasteiger partial charge in [0.2, 0.25) is 15.6 Å². The van der Waals surface area contributed by atoms with Crippen LogP contribution in [0.15, 0.2) is 58.2 Å². The van der Waals surface area contributed by atoms with E-state index in [9.17, 15) is 18.0 Å². The van der Waals surface area contributed by atoms with Crippen LogP contribution in [0, 0.1) is 0 Å². The van der Waals surface area contributed by atoms with Crippen LogP contribution in [0.3, 0.4) is 0 Å². The lowest BCUT2D eigenvalue weighted by molar-refractivity contribution is -0.914. The van der Waals surface area contributed by atoms with Crippen molar-refractivity contribution in [3.05, 3.63) is 75.6 Å². The van der Waals surface area contributed by atoms with Crippen LogP contribution in [0.5, 0.6) is 0 Å². The van der Waals surface area contributed by atoms with Crippen molar-refractivity contribution >= 4 is 26.8 Å². The van der Waals surface area contributed by atoms with Gasteiger partial charge in [-0.25, -0.2) is 8.42 Å². The van der Waals surface area contributed by atoms with Crippen molar-refractivity contribution in [2.45, 2.75) is 44.6 Å². The molecule has 36 heavy (non-hydrogen) atoms. The third-order valence-electron chi connectivity index (χ3n) is 6.88. The minimum Gasteiger partial charge on any atom is -0.346 e. The molecule has 1 atom stereocenters.